The lowest BCUT2D eigenvalue weighted by Gasteiger charge is -2.35. The van der Waals surface area contributed by atoms with Crippen molar-refractivity contribution in [2.75, 3.05) is 20.2 Å². The first kappa shape index (κ1) is 36.9. The van der Waals surface area contributed by atoms with Crippen LogP contribution in [0.4, 0.5) is 4.79 Å². The number of amides is 3. The Morgan fingerprint density at radius 3 is 2.20 bits per heavy atom. The van der Waals surface area contributed by atoms with Gasteiger partial charge in [-0.05, 0) is 57.4 Å². The van der Waals surface area contributed by atoms with Crippen molar-refractivity contribution in [2.24, 2.45) is 0 Å². The fourth-order valence-electron chi connectivity index (χ4n) is 4.83. The summed E-state index contributed by atoms with van der Waals surface area (Å²) in [5, 5.41) is 26.1. The number of phenols is 2. The first-order valence-corrected chi connectivity index (χ1v) is 15.5. The van der Waals surface area contributed by atoms with Crippen LogP contribution in [0.2, 0.25) is 0 Å². The third-order valence-electron chi connectivity index (χ3n) is 7.16. The van der Waals surface area contributed by atoms with Gasteiger partial charge in [-0.15, -0.1) is 0 Å². The maximum absolute atomic E-state index is 14.5. The zero-order valence-corrected chi connectivity index (χ0v) is 27.4. The van der Waals surface area contributed by atoms with E-state index in [4.69, 9.17) is 4.74 Å². The number of hydrogen-bond donors (Lipinski definition) is 4. The molecule has 2 atom stereocenters. The molecular formula is C34H49N3O8. The standard InChI is InChI=1S/C34H49N3O8/c1-7-8-9-10-11-12-20-37(29(31(41)35-22-28(39)44-6)26-15-13-14-23(2)30(26)40)32(42)27(36-33(43)45-34(3,4)5)21-24-16-18-25(38)19-17-24/h13-19,27,29,38,40H,7-12,20-22H2,1-6H3,(H,35,41)(H,36,43). The second-order valence-electron chi connectivity index (χ2n) is 12.1. The quantitative estimate of drug-likeness (QED) is 0.149. The Balaban J connectivity index is 2.60. The molecule has 0 heterocycles. The van der Waals surface area contributed by atoms with Gasteiger partial charge in [-0.3, -0.25) is 14.4 Å². The van der Waals surface area contributed by atoms with Crippen molar-refractivity contribution >= 4 is 23.9 Å². The van der Waals surface area contributed by atoms with E-state index in [0.717, 1.165) is 32.1 Å². The summed E-state index contributed by atoms with van der Waals surface area (Å²) in [6.45, 7) is 8.61. The van der Waals surface area contributed by atoms with E-state index in [0.29, 0.717) is 17.5 Å². The lowest BCUT2D eigenvalue weighted by atomic mass is 9.97. The number of phenolic OH excluding ortho intramolecular Hbond substituents is 2. The minimum atomic E-state index is -1.33. The summed E-state index contributed by atoms with van der Waals surface area (Å²) < 4.78 is 10.1. The molecule has 3 amide bonds. The number of nitrogens with one attached hydrogen (secondary N) is 2. The van der Waals surface area contributed by atoms with Gasteiger partial charge in [0.25, 0.3) is 0 Å². The number of esters is 1. The third kappa shape index (κ3) is 12.3. The summed E-state index contributed by atoms with van der Waals surface area (Å²) in [7, 11) is 1.20. The van der Waals surface area contributed by atoms with E-state index in [1.165, 1.54) is 24.1 Å². The summed E-state index contributed by atoms with van der Waals surface area (Å²) in [5.41, 5.74) is 0.486. The second-order valence-corrected chi connectivity index (χ2v) is 12.1. The summed E-state index contributed by atoms with van der Waals surface area (Å²) in [4.78, 5) is 54.6. The van der Waals surface area contributed by atoms with E-state index in [-0.39, 0.29) is 30.0 Å². The van der Waals surface area contributed by atoms with Crippen molar-refractivity contribution in [3.05, 3.63) is 59.2 Å². The van der Waals surface area contributed by atoms with Crippen LogP contribution in [-0.4, -0.2) is 70.8 Å². The third-order valence-corrected chi connectivity index (χ3v) is 7.16. The number of unbranched alkanes of at least 4 members (excludes halogenated alkanes) is 5. The van der Waals surface area contributed by atoms with Crippen LogP contribution in [0.1, 0.15) is 89.0 Å². The molecule has 0 radical (unpaired) electrons. The summed E-state index contributed by atoms with van der Waals surface area (Å²) in [5.74, 6) is -2.07. The van der Waals surface area contributed by atoms with Crippen molar-refractivity contribution in [3.63, 3.8) is 0 Å². The molecule has 11 nitrogen and oxygen atoms in total. The summed E-state index contributed by atoms with van der Waals surface area (Å²) in [6.07, 6.45) is 4.71. The fraction of sp³-hybridized carbons (Fsp3) is 0.529. The average molecular weight is 628 g/mol. The van der Waals surface area contributed by atoms with Crippen LogP contribution in [0.25, 0.3) is 0 Å². The number of alkyl carbamates (subject to hydrolysis) is 1. The van der Waals surface area contributed by atoms with E-state index in [2.05, 4.69) is 22.3 Å². The smallest absolute Gasteiger partial charge is 0.408 e. The Morgan fingerprint density at radius 2 is 1.58 bits per heavy atom. The number of carbonyl (C=O) groups is 4. The largest absolute Gasteiger partial charge is 0.508 e. The van der Waals surface area contributed by atoms with E-state index in [9.17, 15) is 29.4 Å². The van der Waals surface area contributed by atoms with Gasteiger partial charge in [0, 0.05) is 18.5 Å². The highest BCUT2D eigenvalue weighted by molar-refractivity contribution is 5.93. The Hall–Kier alpha value is -4.28. The molecule has 0 spiro atoms. The number of methoxy groups -OCH3 is 1. The number of benzene rings is 2. The molecular weight excluding hydrogens is 578 g/mol. The molecule has 0 fully saturated rings. The first-order chi connectivity index (χ1) is 21.3. The maximum atomic E-state index is 14.5. The summed E-state index contributed by atoms with van der Waals surface area (Å²) >= 11 is 0. The topological polar surface area (TPSA) is 154 Å². The fourth-order valence-corrected chi connectivity index (χ4v) is 4.83. The van der Waals surface area contributed by atoms with Gasteiger partial charge < -0.3 is 35.2 Å². The molecule has 0 aliphatic heterocycles. The Labute approximate surface area is 266 Å². The molecule has 248 valence electrons. The van der Waals surface area contributed by atoms with E-state index >= 15 is 0 Å². The number of para-hydroxylation sites is 1. The van der Waals surface area contributed by atoms with Gasteiger partial charge in [0.15, 0.2) is 0 Å². The van der Waals surface area contributed by atoms with Gasteiger partial charge in [0.2, 0.25) is 11.8 Å². The highest BCUT2D eigenvalue weighted by Crippen LogP contribution is 2.33. The number of carbonyl (C=O) groups excluding carboxylic acids is 4. The van der Waals surface area contributed by atoms with E-state index < -0.39 is 48.1 Å². The van der Waals surface area contributed by atoms with Crippen LogP contribution in [0, 0.1) is 6.92 Å². The van der Waals surface area contributed by atoms with Gasteiger partial charge in [-0.2, -0.15) is 0 Å². The van der Waals surface area contributed by atoms with Crippen molar-refractivity contribution in [1.29, 1.82) is 0 Å². The zero-order valence-electron chi connectivity index (χ0n) is 27.4. The molecule has 4 N–H and O–H groups in total. The Bertz CT molecular complexity index is 1270. The van der Waals surface area contributed by atoms with Gasteiger partial charge in [-0.1, -0.05) is 69.4 Å². The average Bonchev–Trinajstić information content (AvgIpc) is 2.98. The molecule has 0 saturated carbocycles. The predicted molar refractivity (Wildman–Crippen MR) is 171 cm³/mol. The normalized spacial score (nSPS) is 12.5. The Morgan fingerprint density at radius 1 is 0.933 bits per heavy atom. The molecule has 0 aromatic heterocycles. The van der Waals surface area contributed by atoms with Gasteiger partial charge in [0.05, 0.1) is 7.11 Å². The molecule has 2 aromatic carbocycles. The van der Waals surface area contributed by atoms with Crippen LogP contribution in [0.5, 0.6) is 11.5 Å². The highest BCUT2D eigenvalue weighted by atomic mass is 16.6. The van der Waals surface area contributed by atoms with Crippen molar-refractivity contribution in [3.8, 4) is 11.5 Å². The molecule has 0 aliphatic rings. The number of ether oxygens (including phenoxy) is 2. The summed E-state index contributed by atoms with van der Waals surface area (Å²) in [6, 6.07) is 8.63. The molecule has 0 saturated heterocycles. The highest BCUT2D eigenvalue weighted by Gasteiger charge is 2.37. The predicted octanol–water partition coefficient (Wildman–Crippen LogP) is 5.06. The SMILES string of the molecule is CCCCCCCCN(C(=O)C(Cc1ccc(O)cc1)NC(=O)OC(C)(C)C)C(C(=O)NCC(=O)OC)c1cccc(C)c1O. The van der Waals surface area contributed by atoms with Crippen LogP contribution < -0.4 is 10.6 Å². The lowest BCUT2D eigenvalue weighted by molar-refractivity contribution is -0.144. The molecule has 0 bridgehead atoms. The van der Waals surface area contributed by atoms with Gasteiger partial charge >= 0.3 is 12.1 Å². The van der Waals surface area contributed by atoms with Crippen LogP contribution in [0.3, 0.4) is 0 Å². The number of hydrogen-bond acceptors (Lipinski definition) is 8. The first-order valence-electron chi connectivity index (χ1n) is 15.5. The molecule has 2 aromatic rings. The van der Waals surface area contributed by atoms with Crippen molar-refractivity contribution < 1.29 is 38.9 Å². The van der Waals surface area contributed by atoms with E-state index in [1.54, 1.807) is 58.0 Å². The Kier molecular flexibility index (Phi) is 14.7. The monoisotopic (exact) mass is 627 g/mol. The van der Waals surface area contributed by atoms with Crippen molar-refractivity contribution in [1.82, 2.24) is 15.5 Å². The van der Waals surface area contributed by atoms with Crippen LogP contribution in [-0.2, 0) is 30.3 Å². The number of aromatic hydroxyl groups is 2. The lowest BCUT2D eigenvalue weighted by Crippen LogP contribution is -2.54. The second kappa shape index (κ2) is 17.9. The number of aryl methyl sites for hydroxylation is 1. The van der Waals surface area contributed by atoms with Gasteiger partial charge in [-0.25, -0.2) is 4.79 Å². The molecule has 0 aliphatic carbocycles. The number of rotatable bonds is 16. The number of nitrogens with zero attached hydrogens (tertiary/aromatic N) is 1. The minimum Gasteiger partial charge on any atom is -0.508 e. The molecule has 11 heteroatoms. The van der Waals surface area contributed by atoms with E-state index in [1.807, 2.05) is 0 Å². The van der Waals surface area contributed by atoms with Crippen molar-refractivity contribution in [2.45, 2.75) is 97.2 Å². The maximum Gasteiger partial charge on any atom is 0.408 e. The zero-order chi connectivity index (χ0) is 33.6. The van der Waals surface area contributed by atoms with Crippen LogP contribution in [0.15, 0.2) is 42.5 Å². The molecule has 2 rings (SSSR count). The molecule has 2 unspecified atom stereocenters. The minimum absolute atomic E-state index is 0.0294. The van der Waals surface area contributed by atoms with Gasteiger partial charge in [0.1, 0.15) is 35.7 Å². The van der Waals surface area contributed by atoms with Crippen LogP contribution >= 0.6 is 0 Å². The molecule has 45 heavy (non-hydrogen) atoms.